The van der Waals surface area contributed by atoms with E-state index in [1.165, 1.54) is 12.1 Å². The molecule has 3 aromatic carbocycles. The number of rotatable bonds is 6. The summed E-state index contributed by atoms with van der Waals surface area (Å²) in [6.45, 7) is 2.52. The lowest BCUT2D eigenvalue weighted by Gasteiger charge is -2.19. The highest BCUT2D eigenvalue weighted by atomic mass is 32.2. The van der Waals surface area contributed by atoms with Crippen molar-refractivity contribution in [3.63, 3.8) is 0 Å². The van der Waals surface area contributed by atoms with E-state index in [1.807, 2.05) is 0 Å². The lowest BCUT2D eigenvalue weighted by atomic mass is 9.97. The number of hydrogen-bond acceptors (Lipinski definition) is 7. The number of fused-ring (bicyclic) bond motifs is 1. The van der Waals surface area contributed by atoms with Crippen LogP contribution in [0.5, 0.6) is 0 Å². The van der Waals surface area contributed by atoms with Crippen LogP contribution < -0.4 is 26.2 Å². The normalized spacial score (nSPS) is 18.3. The highest BCUT2D eigenvalue weighted by molar-refractivity contribution is 7.92. The fraction of sp³-hybridized carbons (Fsp3) is 0.250. The second kappa shape index (κ2) is 9.78. The van der Waals surface area contributed by atoms with Crippen molar-refractivity contribution < 1.29 is 35.5 Å². The number of halogens is 5. The molecule has 0 bridgehead atoms. The Hall–Kier alpha value is -3.30. The first-order valence-electron chi connectivity index (χ1n) is 11.5. The summed E-state index contributed by atoms with van der Waals surface area (Å²) < 4.78 is 102. The molecule has 202 valence electrons. The molecule has 0 spiro atoms. The first kappa shape index (κ1) is 26.3. The van der Waals surface area contributed by atoms with Gasteiger partial charge >= 0.3 is 0 Å². The summed E-state index contributed by atoms with van der Waals surface area (Å²) in [7, 11) is -4.96. The average molecular weight is 556 g/mol. The summed E-state index contributed by atoms with van der Waals surface area (Å²) in [5.74, 6) is -6.24. The van der Waals surface area contributed by atoms with E-state index in [2.05, 4.69) is 21.5 Å². The van der Waals surface area contributed by atoms with Gasteiger partial charge in [0.1, 0.15) is 22.3 Å². The van der Waals surface area contributed by atoms with E-state index in [0.717, 1.165) is 13.0 Å². The summed E-state index contributed by atoms with van der Waals surface area (Å²) in [6.07, 6.45) is -1.75. The molecule has 2 aliphatic rings. The topological polar surface area (TPSA) is 115 Å². The Morgan fingerprint density at radius 1 is 0.974 bits per heavy atom. The summed E-state index contributed by atoms with van der Waals surface area (Å²) >= 11 is 0. The molecule has 0 aromatic heterocycles. The van der Waals surface area contributed by atoms with Crippen LogP contribution in [-0.2, 0) is 10.0 Å². The van der Waals surface area contributed by atoms with Crippen LogP contribution in [0.2, 0.25) is 0 Å². The van der Waals surface area contributed by atoms with Crippen LogP contribution >= 0.6 is 0 Å². The van der Waals surface area contributed by atoms with Gasteiger partial charge in [-0.3, -0.25) is 15.4 Å². The van der Waals surface area contributed by atoms with Gasteiger partial charge in [0.25, 0.3) is 10.0 Å². The minimum atomic E-state index is -4.96. The zero-order chi connectivity index (χ0) is 27.4. The Bertz CT molecular complexity index is 1530. The van der Waals surface area contributed by atoms with E-state index in [1.54, 1.807) is 4.72 Å². The van der Waals surface area contributed by atoms with Crippen molar-refractivity contribution in [1.82, 2.24) is 16.1 Å². The molecule has 5 rings (SSSR count). The molecule has 1 saturated heterocycles. The number of sulfonamides is 1. The third-order valence-electron chi connectivity index (χ3n) is 6.43. The minimum absolute atomic E-state index is 0.0275. The summed E-state index contributed by atoms with van der Waals surface area (Å²) in [4.78, 5) is -1.20. The molecule has 0 saturated carbocycles. The third-order valence-corrected chi connectivity index (χ3v) is 7.79. The molecule has 0 radical (unpaired) electrons. The van der Waals surface area contributed by atoms with Gasteiger partial charge in [0.2, 0.25) is 0 Å². The van der Waals surface area contributed by atoms with Gasteiger partial charge in [0.05, 0.1) is 35.2 Å². The summed E-state index contributed by atoms with van der Waals surface area (Å²) in [5, 5.41) is 16.0. The van der Waals surface area contributed by atoms with E-state index in [-0.39, 0.29) is 17.9 Å². The molecular weight excluding hydrogens is 533 g/mol. The lowest BCUT2D eigenvalue weighted by Crippen LogP contribution is -2.42. The SMILES string of the molecule is C[C@@H](O)c1cc(F)cc(S(=O)(=O)Nc2ccc(F)c(-c3ccc4c(c3F)NNC4C3NCCN3)c2F)c1F. The van der Waals surface area contributed by atoms with Crippen LogP contribution in [0.4, 0.5) is 33.3 Å². The van der Waals surface area contributed by atoms with Crippen LogP contribution in [0.1, 0.15) is 30.2 Å². The Kier molecular flexibility index (Phi) is 6.77. The third kappa shape index (κ3) is 4.47. The molecule has 2 heterocycles. The molecule has 6 N–H and O–H groups in total. The molecule has 0 aliphatic carbocycles. The van der Waals surface area contributed by atoms with Gasteiger partial charge in [-0.15, -0.1) is 0 Å². The predicted molar refractivity (Wildman–Crippen MR) is 129 cm³/mol. The number of nitrogens with one attached hydrogen (secondary N) is 5. The standard InChI is InChI=1S/C24H22F5N5O3S/c1-10(35)14-8-11(25)9-17(19(14)27)38(36,37)34-16-5-4-15(26)18(21(16)29)12-2-3-13-22(20(12)28)32-33-23(13)24-30-6-7-31-24/h2-5,8-10,23-24,30-35H,6-7H2,1H3/t10-,23?/m1/s1. The van der Waals surface area contributed by atoms with Crippen molar-refractivity contribution in [3.05, 3.63) is 76.6 Å². The summed E-state index contributed by atoms with van der Waals surface area (Å²) in [6, 6.07) is 4.71. The first-order chi connectivity index (χ1) is 18.0. The van der Waals surface area contributed by atoms with Crippen molar-refractivity contribution in [2.24, 2.45) is 0 Å². The zero-order valence-electron chi connectivity index (χ0n) is 19.7. The quantitative estimate of drug-likeness (QED) is 0.259. The van der Waals surface area contributed by atoms with Crippen LogP contribution in [0, 0.1) is 29.1 Å². The van der Waals surface area contributed by atoms with Gasteiger partial charge in [0, 0.05) is 29.8 Å². The molecule has 8 nitrogen and oxygen atoms in total. The molecule has 1 fully saturated rings. The Morgan fingerprint density at radius 3 is 2.37 bits per heavy atom. The molecule has 2 atom stereocenters. The lowest BCUT2D eigenvalue weighted by molar-refractivity contribution is 0.192. The monoisotopic (exact) mass is 555 g/mol. The maximum absolute atomic E-state index is 15.5. The van der Waals surface area contributed by atoms with E-state index >= 15 is 8.78 Å². The zero-order valence-corrected chi connectivity index (χ0v) is 20.5. The number of aliphatic hydroxyl groups excluding tert-OH is 1. The average Bonchev–Trinajstić information content (AvgIpc) is 3.53. The summed E-state index contributed by atoms with van der Waals surface area (Å²) in [5.41, 5.74) is 3.27. The maximum Gasteiger partial charge on any atom is 0.265 e. The highest BCUT2D eigenvalue weighted by Crippen LogP contribution is 2.40. The fourth-order valence-electron chi connectivity index (χ4n) is 4.59. The Morgan fingerprint density at radius 2 is 1.68 bits per heavy atom. The van der Waals surface area contributed by atoms with Gasteiger partial charge in [-0.25, -0.2) is 35.8 Å². The van der Waals surface area contributed by atoms with Crippen LogP contribution in [-0.4, -0.2) is 32.8 Å². The van der Waals surface area contributed by atoms with Gasteiger partial charge in [-0.05, 0) is 31.2 Å². The number of aliphatic hydroxyl groups is 1. The van der Waals surface area contributed by atoms with Crippen molar-refractivity contribution in [2.45, 2.75) is 30.1 Å². The second-order valence-corrected chi connectivity index (χ2v) is 10.5. The molecule has 38 heavy (non-hydrogen) atoms. The first-order valence-corrected chi connectivity index (χ1v) is 13.0. The van der Waals surface area contributed by atoms with Crippen LogP contribution in [0.25, 0.3) is 11.1 Å². The molecule has 2 aliphatic heterocycles. The second-order valence-electron chi connectivity index (χ2n) is 8.90. The van der Waals surface area contributed by atoms with Gasteiger partial charge in [-0.1, -0.05) is 12.1 Å². The highest BCUT2D eigenvalue weighted by Gasteiger charge is 2.35. The predicted octanol–water partition coefficient (Wildman–Crippen LogP) is 3.39. The maximum atomic E-state index is 15.5. The number of hydrogen-bond donors (Lipinski definition) is 6. The largest absolute Gasteiger partial charge is 0.389 e. The van der Waals surface area contributed by atoms with Gasteiger partial charge in [-0.2, -0.15) is 0 Å². The molecule has 14 heteroatoms. The number of anilines is 2. The Labute approximate surface area is 214 Å². The number of hydrazine groups is 1. The molecule has 1 unspecified atom stereocenters. The Balaban J connectivity index is 1.53. The molecule has 3 aromatic rings. The smallest absolute Gasteiger partial charge is 0.265 e. The van der Waals surface area contributed by atoms with Crippen molar-refractivity contribution >= 4 is 21.4 Å². The number of benzene rings is 3. The van der Waals surface area contributed by atoms with E-state index < -0.39 is 72.5 Å². The minimum Gasteiger partial charge on any atom is -0.389 e. The van der Waals surface area contributed by atoms with Gasteiger partial charge in [0.15, 0.2) is 11.6 Å². The molecule has 0 amide bonds. The fourth-order valence-corrected chi connectivity index (χ4v) is 5.76. The molecular formula is C24H22F5N5O3S. The van der Waals surface area contributed by atoms with E-state index in [9.17, 15) is 26.7 Å². The van der Waals surface area contributed by atoms with Crippen LogP contribution in [0.3, 0.4) is 0 Å². The van der Waals surface area contributed by atoms with Crippen molar-refractivity contribution in [3.8, 4) is 11.1 Å². The van der Waals surface area contributed by atoms with E-state index in [0.29, 0.717) is 36.9 Å². The van der Waals surface area contributed by atoms with E-state index in [4.69, 9.17) is 0 Å². The van der Waals surface area contributed by atoms with Gasteiger partial charge < -0.3 is 10.5 Å². The van der Waals surface area contributed by atoms with Crippen molar-refractivity contribution in [1.29, 1.82) is 0 Å². The van der Waals surface area contributed by atoms with Crippen molar-refractivity contribution in [2.75, 3.05) is 23.2 Å². The van der Waals surface area contributed by atoms with Crippen LogP contribution in [0.15, 0.2) is 41.3 Å².